The van der Waals surface area contributed by atoms with Crippen LogP contribution in [0.3, 0.4) is 0 Å². The van der Waals surface area contributed by atoms with Crippen molar-refractivity contribution in [3.8, 4) is 0 Å². The molecule has 3 aliphatic rings. The Balaban J connectivity index is 1.06. The largest absolute Gasteiger partial charge is 0.477 e. The second-order valence-electron chi connectivity index (χ2n) is 9.27. The maximum absolute atomic E-state index is 11.0. The molecule has 3 fully saturated rings. The van der Waals surface area contributed by atoms with Crippen LogP contribution in [0.1, 0.15) is 52.8 Å². The van der Waals surface area contributed by atoms with Gasteiger partial charge in [-0.25, -0.2) is 9.78 Å². The van der Waals surface area contributed by atoms with E-state index in [4.69, 9.17) is 5.11 Å². The van der Waals surface area contributed by atoms with E-state index in [9.17, 15) is 4.79 Å². The fraction of sp³-hybridized carbons (Fsp3) is 0.500. The van der Waals surface area contributed by atoms with Gasteiger partial charge in [0.2, 0.25) is 0 Å². The summed E-state index contributed by atoms with van der Waals surface area (Å²) in [5, 5.41) is 13.8. The number of nitrogens with one attached hydrogen (secondary N) is 1. The zero-order chi connectivity index (χ0) is 20.7. The molecule has 1 saturated heterocycles. The molecule has 2 heterocycles. The molecular weight excluding hydrogens is 394 g/mol. The highest BCUT2D eigenvalue weighted by Gasteiger charge is 2.53. The van der Waals surface area contributed by atoms with Gasteiger partial charge in [0.25, 0.3) is 0 Å². The van der Waals surface area contributed by atoms with Crippen LogP contribution in [0.15, 0.2) is 42.1 Å². The molecule has 2 unspecified atom stereocenters. The standard InChI is InChI=1S/C24H29N3O2S/c1-2-17(8-16-6-4-3-5-7-16)19-9-20(19)26-18-10-24(11-18)14-27(15-24)13-22-25-12-21(30-22)23(28)29/h3-8,12,18-20,26H,2,9-11,13-15H2,1H3,(H,28,29)/b17-8+. The number of carboxylic acid groups (broad SMARTS) is 1. The van der Waals surface area contributed by atoms with Gasteiger partial charge in [-0.15, -0.1) is 11.3 Å². The van der Waals surface area contributed by atoms with Crippen molar-refractivity contribution < 1.29 is 9.90 Å². The molecule has 1 aliphatic heterocycles. The first-order valence-electron chi connectivity index (χ1n) is 11.0. The number of nitrogens with zero attached hydrogens (tertiary/aromatic N) is 2. The predicted molar refractivity (Wildman–Crippen MR) is 120 cm³/mol. The Hall–Kier alpha value is -2.02. The van der Waals surface area contributed by atoms with Crippen molar-refractivity contribution in [2.24, 2.45) is 11.3 Å². The average molecular weight is 424 g/mol. The van der Waals surface area contributed by atoms with Gasteiger partial charge in [0, 0.05) is 25.2 Å². The summed E-state index contributed by atoms with van der Waals surface area (Å²) in [6.07, 6.45) is 8.81. The van der Waals surface area contributed by atoms with E-state index in [0.29, 0.717) is 28.3 Å². The summed E-state index contributed by atoms with van der Waals surface area (Å²) in [7, 11) is 0. The number of thiazole rings is 1. The number of carbonyl (C=O) groups is 1. The topological polar surface area (TPSA) is 65.5 Å². The number of carboxylic acids is 1. The van der Waals surface area contributed by atoms with Gasteiger partial charge in [-0.2, -0.15) is 0 Å². The lowest BCUT2D eigenvalue weighted by Crippen LogP contribution is -2.65. The van der Waals surface area contributed by atoms with Gasteiger partial charge < -0.3 is 10.4 Å². The molecule has 2 aliphatic carbocycles. The van der Waals surface area contributed by atoms with Crippen molar-refractivity contribution in [2.45, 2.75) is 51.2 Å². The number of aromatic nitrogens is 1. The molecule has 6 heteroatoms. The number of hydrogen-bond donors (Lipinski definition) is 2. The molecule has 2 atom stereocenters. The Morgan fingerprint density at radius 3 is 2.77 bits per heavy atom. The molecule has 5 nitrogen and oxygen atoms in total. The Labute approximate surface area is 181 Å². The number of hydrogen-bond acceptors (Lipinski definition) is 5. The minimum atomic E-state index is -0.880. The molecule has 1 aromatic carbocycles. The van der Waals surface area contributed by atoms with Gasteiger partial charge in [-0.3, -0.25) is 4.90 Å². The predicted octanol–water partition coefficient (Wildman–Crippen LogP) is 4.28. The van der Waals surface area contributed by atoms with Crippen molar-refractivity contribution in [1.82, 2.24) is 15.2 Å². The van der Waals surface area contributed by atoms with Gasteiger partial charge in [0.05, 0.1) is 12.7 Å². The molecule has 30 heavy (non-hydrogen) atoms. The smallest absolute Gasteiger partial charge is 0.347 e. The summed E-state index contributed by atoms with van der Waals surface area (Å²) in [5.41, 5.74) is 3.38. The SMILES string of the molecule is CC/C(=C\c1ccccc1)C1CC1NC1CC2(C1)CN(Cc1ncc(C(=O)O)s1)C2. The van der Waals surface area contributed by atoms with Gasteiger partial charge >= 0.3 is 5.97 Å². The zero-order valence-electron chi connectivity index (χ0n) is 17.4. The second-order valence-corrected chi connectivity index (χ2v) is 10.4. The maximum Gasteiger partial charge on any atom is 0.347 e. The van der Waals surface area contributed by atoms with Gasteiger partial charge in [0.15, 0.2) is 0 Å². The minimum absolute atomic E-state index is 0.333. The van der Waals surface area contributed by atoms with Crippen molar-refractivity contribution in [1.29, 1.82) is 0 Å². The van der Waals surface area contributed by atoms with E-state index in [1.165, 1.54) is 42.4 Å². The van der Waals surface area contributed by atoms with Crippen LogP contribution >= 0.6 is 11.3 Å². The van der Waals surface area contributed by atoms with Crippen LogP contribution in [0.4, 0.5) is 0 Å². The van der Waals surface area contributed by atoms with Crippen molar-refractivity contribution in [2.75, 3.05) is 13.1 Å². The van der Waals surface area contributed by atoms with E-state index in [-0.39, 0.29) is 0 Å². The van der Waals surface area contributed by atoms with Gasteiger partial charge in [-0.1, -0.05) is 48.9 Å². The summed E-state index contributed by atoms with van der Waals surface area (Å²) in [5.74, 6) is -0.173. The molecule has 0 radical (unpaired) electrons. The highest BCUT2D eigenvalue weighted by Crippen LogP contribution is 2.50. The highest BCUT2D eigenvalue weighted by atomic mass is 32.1. The summed E-state index contributed by atoms with van der Waals surface area (Å²) >= 11 is 1.30. The summed E-state index contributed by atoms with van der Waals surface area (Å²) in [6.45, 7) is 5.30. The second kappa shape index (κ2) is 7.91. The Morgan fingerprint density at radius 2 is 2.10 bits per heavy atom. The molecule has 5 rings (SSSR count). The van der Waals surface area contributed by atoms with Crippen LogP contribution < -0.4 is 5.32 Å². The third kappa shape index (κ3) is 4.09. The number of likely N-dealkylation sites (tertiary alicyclic amines) is 1. The lowest BCUT2D eigenvalue weighted by molar-refractivity contribution is -0.0834. The van der Waals surface area contributed by atoms with E-state index in [0.717, 1.165) is 31.1 Å². The molecule has 1 spiro atoms. The van der Waals surface area contributed by atoms with Crippen molar-refractivity contribution in [3.05, 3.63) is 57.6 Å². The fourth-order valence-corrected chi connectivity index (χ4v) is 6.17. The van der Waals surface area contributed by atoms with E-state index in [1.807, 2.05) is 0 Å². The normalized spacial score (nSPS) is 25.7. The van der Waals surface area contributed by atoms with Crippen LogP contribution in [-0.4, -0.2) is 46.1 Å². The first-order valence-corrected chi connectivity index (χ1v) is 11.8. The summed E-state index contributed by atoms with van der Waals surface area (Å²) in [6, 6.07) is 12.0. The number of rotatable bonds is 8. The highest BCUT2D eigenvalue weighted by molar-refractivity contribution is 7.13. The fourth-order valence-electron chi connectivity index (χ4n) is 5.38. The third-order valence-electron chi connectivity index (χ3n) is 6.88. The monoisotopic (exact) mass is 423 g/mol. The lowest BCUT2D eigenvalue weighted by atomic mass is 9.60. The summed E-state index contributed by atoms with van der Waals surface area (Å²) < 4.78 is 0. The molecule has 2 N–H and O–H groups in total. The maximum atomic E-state index is 11.0. The van der Waals surface area contributed by atoms with Crippen LogP contribution in [0.5, 0.6) is 0 Å². The van der Waals surface area contributed by atoms with E-state index < -0.39 is 5.97 Å². The van der Waals surface area contributed by atoms with E-state index in [2.05, 4.69) is 58.5 Å². The quantitative estimate of drug-likeness (QED) is 0.664. The van der Waals surface area contributed by atoms with Crippen molar-refractivity contribution in [3.63, 3.8) is 0 Å². The van der Waals surface area contributed by atoms with Gasteiger partial charge in [-0.05, 0) is 42.6 Å². The molecule has 0 amide bonds. The Kier molecular flexibility index (Phi) is 5.25. The van der Waals surface area contributed by atoms with Gasteiger partial charge in [0.1, 0.15) is 9.88 Å². The number of aromatic carboxylic acids is 1. The minimum Gasteiger partial charge on any atom is -0.477 e. The summed E-state index contributed by atoms with van der Waals surface area (Å²) in [4.78, 5) is 18.0. The molecule has 158 valence electrons. The molecular formula is C24H29N3O2S. The Morgan fingerprint density at radius 1 is 1.33 bits per heavy atom. The van der Waals surface area contributed by atoms with Crippen LogP contribution in [0.25, 0.3) is 6.08 Å². The first kappa shape index (κ1) is 19.9. The van der Waals surface area contributed by atoms with Crippen molar-refractivity contribution >= 4 is 23.4 Å². The van der Waals surface area contributed by atoms with Crippen LogP contribution in [-0.2, 0) is 6.54 Å². The first-order chi connectivity index (χ1) is 14.5. The average Bonchev–Trinajstić information content (AvgIpc) is 3.28. The lowest BCUT2D eigenvalue weighted by Gasteiger charge is -2.59. The molecule has 2 saturated carbocycles. The van der Waals surface area contributed by atoms with Crippen LogP contribution in [0.2, 0.25) is 0 Å². The van der Waals surface area contributed by atoms with E-state index in [1.54, 1.807) is 5.57 Å². The Bertz CT molecular complexity index is 940. The zero-order valence-corrected chi connectivity index (χ0v) is 18.2. The molecule has 0 bridgehead atoms. The van der Waals surface area contributed by atoms with E-state index >= 15 is 0 Å². The third-order valence-corrected chi connectivity index (χ3v) is 7.85. The molecule has 1 aromatic heterocycles. The number of benzene rings is 1. The molecule has 2 aromatic rings. The van der Waals surface area contributed by atoms with Crippen LogP contribution in [0, 0.1) is 11.3 Å².